The van der Waals surface area contributed by atoms with Gasteiger partial charge in [-0.25, -0.2) is 0 Å². The van der Waals surface area contributed by atoms with Gasteiger partial charge in [0, 0.05) is 12.1 Å². The SMILES string of the molecule is CC(C)(C)NC(N)=NCC1(C)CCCO1. The zero-order chi connectivity index (χ0) is 11.5. The average Bonchev–Trinajstić information content (AvgIpc) is 2.47. The first-order valence-corrected chi connectivity index (χ1v) is 5.53. The highest BCUT2D eigenvalue weighted by Crippen LogP contribution is 2.24. The molecular formula is C11H23N3O. The third-order valence-electron chi connectivity index (χ3n) is 2.39. The average molecular weight is 213 g/mol. The van der Waals surface area contributed by atoms with Gasteiger partial charge in [0.05, 0.1) is 12.1 Å². The van der Waals surface area contributed by atoms with Gasteiger partial charge >= 0.3 is 0 Å². The summed E-state index contributed by atoms with van der Waals surface area (Å²) in [5, 5.41) is 3.13. The minimum atomic E-state index is -0.107. The molecule has 0 saturated carbocycles. The van der Waals surface area contributed by atoms with Gasteiger partial charge in [0.2, 0.25) is 0 Å². The molecule has 1 atom stereocenters. The standard InChI is InChI=1S/C11H23N3O/c1-10(2,3)14-9(12)13-8-11(4)6-5-7-15-11/h5-8H2,1-4H3,(H3,12,13,14). The molecule has 1 aliphatic rings. The van der Waals surface area contributed by atoms with Gasteiger partial charge in [0.1, 0.15) is 0 Å². The van der Waals surface area contributed by atoms with E-state index in [4.69, 9.17) is 10.5 Å². The van der Waals surface area contributed by atoms with Crippen molar-refractivity contribution in [1.29, 1.82) is 0 Å². The predicted molar refractivity (Wildman–Crippen MR) is 63.0 cm³/mol. The summed E-state index contributed by atoms with van der Waals surface area (Å²) < 4.78 is 5.63. The van der Waals surface area contributed by atoms with Crippen molar-refractivity contribution in [3.63, 3.8) is 0 Å². The molecule has 1 unspecified atom stereocenters. The van der Waals surface area contributed by atoms with Crippen LogP contribution in [0, 0.1) is 0 Å². The molecule has 1 fully saturated rings. The fourth-order valence-corrected chi connectivity index (χ4v) is 1.64. The molecule has 1 saturated heterocycles. The Labute approximate surface area is 92.3 Å². The fraction of sp³-hybridized carbons (Fsp3) is 0.909. The summed E-state index contributed by atoms with van der Waals surface area (Å²) in [6, 6.07) is 0. The quantitative estimate of drug-likeness (QED) is 0.536. The van der Waals surface area contributed by atoms with Gasteiger partial charge in [0.15, 0.2) is 5.96 Å². The normalized spacial score (nSPS) is 28.1. The molecule has 88 valence electrons. The van der Waals surface area contributed by atoms with E-state index in [1.165, 1.54) is 0 Å². The van der Waals surface area contributed by atoms with Crippen molar-refractivity contribution in [2.24, 2.45) is 10.7 Å². The largest absolute Gasteiger partial charge is 0.373 e. The topological polar surface area (TPSA) is 59.6 Å². The van der Waals surface area contributed by atoms with E-state index < -0.39 is 0 Å². The Morgan fingerprint density at radius 1 is 1.53 bits per heavy atom. The maximum absolute atomic E-state index is 5.78. The van der Waals surface area contributed by atoms with E-state index in [2.05, 4.69) is 38.0 Å². The Bertz CT molecular complexity index is 237. The number of nitrogens with two attached hydrogens (primary N) is 1. The Hall–Kier alpha value is -0.770. The number of rotatable bonds is 2. The van der Waals surface area contributed by atoms with Crippen LogP contribution >= 0.6 is 0 Å². The molecule has 3 N–H and O–H groups in total. The molecule has 0 aliphatic carbocycles. The second-order valence-corrected chi connectivity index (χ2v) is 5.48. The van der Waals surface area contributed by atoms with Crippen LogP contribution in [0.25, 0.3) is 0 Å². The van der Waals surface area contributed by atoms with Crippen LogP contribution in [0.5, 0.6) is 0 Å². The second kappa shape index (κ2) is 4.39. The third kappa shape index (κ3) is 4.51. The lowest BCUT2D eigenvalue weighted by Gasteiger charge is -2.23. The highest BCUT2D eigenvalue weighted by atomic mass is 16.5. The molecule has 4 nitrogen and oxygen atoms in total. The summed E-state index contributed by atoms with van der Waals surface area (Å²) in [6.07, 6.45) is 2.19. The fourth-order valence-electron chi connectivity index (χ4n) is 1.64. The number of hydrogen-bond donors (Lipinski definition) is 2. The first kappa shape index (κ1) is 12.3. The number of aliphatic imine (C=N–C) groups is 1. The molecule has 0 aromatic rings. The highest BCUT2D eigenvalue weighted by Gasteiger charge is 2.29. The molecule has 1 heterocycles. The Morgan fingerprint density at radius 2 is 2.20 bits per heavy atom. The molecule has 0 bridgehead atoms. The van der Waals surface area contributed by atoms with Crippen LogP contribution in [0.2, 0.25) is 0 Å². The van der Waals surface area contributed by atoms with E-state index in [1.54, 1.807) is 0 Å². The van der Waals surface area contributed by atoms with Crippen LogP contribution in [0.1, 0.15) is 40.5 Å². The van der Waals surface area contributed by atoms with Gasteiger partial charge in [-0.3, -0.25) is 4.99 Å². The van der Waals surface area contributed by atoms with Gasteiger partial charge in [-0.05, 0) is 40.5 Å². The van der Waals surface area contributed by atoms with Crippen LogP contribution in [-0.2, 0) is 4.74 Å². The van der Waals surface area contributed by atoms with Crippen molar-refractivity contribution in [2.45, 2.75) is 51.7 Å². The number of guanidine groups is 1. The van der Waals surface area contributed by atoms with E-state index >= 15 is 0 Å². The minimum absolute atomic E-state index is 0.0367. The minimum Gasteiger partial charge on any atom is -0.373 e. The Kier molecular flexibility index (Phi) is 3.60. The van der Waals surface area contributed by atoms with Crippen LogP contribution in [0.3, 0.4) is 0 Å². The lowest BCUT2D eigenvalue weighted by molar-refractivity contribution is 0.0283. The molecule has 4 heteroatoms. The molecule has 0 spiro atoms. The zero-order valence-electron chi connectivity index (χ0n) is 10.3. The highest BCUT2D eigenvalue weighted by molar-refractivity contribution is 5.78. The summed E-state index contributed by atoms with van der Waals surface area (Å²) in [5.41, 5.74) is 5.64. The van der Waals surface area contributed by atoms with Crippen molar-refractivity contribution in [1.82, 2.24) is 5.32 Å². The summed E-state index contributed by atoms with van der Waals surface area (Å²) in [5.74, 6) is 0.499. The van der Waals surface area contributed by atoms with E-state index in [-0.39, 0.29) is 11.1 Å². The van der Waals surface area contributed by atoms with E-state index in [1.807, 2.05) is 0 Å². The van der Waals surface area contributed by atoms with E-state index in [0.717, 1.165) is 19.4 Å². The molecule has 15 heavy (non-hydrogen) atoms. The third-order valence-corrected chi connectivity index (χ3v) is 2.39. The van der Waals surface area contributed by atoms with Crippen molar-refractivity contribution in [3.8, 4) is 0 Å². The lowest BCUT2D eigenvalue weighted by Crippen LogP contribution is -2.45. The van der Waals surface area contributed by atoms with Crippen molar-refractivity contribution in [2.75, 3.05) is 13.2 Å². The van der Waals surface area contributed by atoms with Gasteiger partial charge in [0.25, 0.3) is 0 Å². The lowest BCUT2D eigenvalue weighted by atomic mass is 10.0. The molecular weight excluding hydrogens is 190 g/mol. The first-order chi connectivity index (χ1) is 6.81. The summed E-state index contributed by atoms with van der Waals surface area (Å²) in [4.78, 5) is 4.32. The summed E-state index contributed by atoms with van der Waals surface area (Å²) >= 11 is 0. The summed E-state index contributed by atoms with van der Waals surface area (Å²) in [6.45, 7) is 9.75. The number of ether oxygens (including phenoxy) is 1. The smallest absolute Gasteiger partial charge is 0.189 e. The Morgan fingerprint density at radius 3 is 2.67 bits per heavy atom. The number of hydrogen-bond acceptors (Lipinski definition) is 2. The van der Waals surface area contributed by atoms with Gasteiger partial charge in [-0.2, -0.15) is 0 Å². The number of nitrogens with zero attached hydrogens (tertiary/aromatic N) is 1. The van der Waals surface area contributed by atoms with Gasteiger partial charge in [-0.15, -0.1) is 0 Å². The van der Waals surface area contributed by atoms with Crippen LogP contribution in [0.15, 0.2) is 4.99 Å². The molecule has 1 aliphatic heterocycles. The zero-order valence-corrected chi connectivity index (χ0v) is 10.3. The van der Waals surface area contributed by atoms with Crippen LogP contribution in [0.4, 0.5) is 0 Å². The van der Waals surface area contributed by atoms with Gasteiger partial charge < -0.3 is 15.8 Å². The maximum Gasteiger partial charge on any atom is 0.189 e. The molecule has 0 aromatic heterocycles. The van der Waals surface area contributed by atoms with E-state index in [9.17, 15) is 0 Å². The molecule has 0 amide bonds. The van der Waals surface area contributed by atoms with Crippen molar-refractivity contribution in [3.05, 3.63) is 0 Å². The maximum atomic E-state index is 5.78. The summed E-state index contributed by atoms with van der Waals surface area (Å²) in [7, 11) is 0. The number of nitrogens with one attached hydrogen (secondary N) is 1. The van der Waals surface area contributed by atoms with Crippen LogP contribution < -0.4 is 11.1 Å². The first-order valence-electron chi connectivity index (χ1n) is 5.53. The molecule has 0 radical (unpaired) electrons. The Balaban J connectivity index is 2.43. The van der Waals surface area contributed by atoms with Crippen LogP contribution in [-0.4, -0.2) is 30.3 Å². The molecule has 0 aromatic carbocycles. The van der Waals surface area contributed by atoms with E-state index in [0.29, 0.717) is 12.5 Å². The predicted octanol–water partition coefficient (Wildman–Crippen LogP) is 1.26. The monoisotopic (exact) mass is 213 g/mol. The van der Waals surface area contributed by atoms with Crippen molar-refractivity contribution < 1.29 is 4.74 Å². The van der Waals surface area contributed by atoms with Crippen molar-refractivity contribution >= 4 is 5.96 Å². The molecule has 1 rings (SSSR count). The van der Waals surface area contributed by atoms with Gasteiger partial charge in [-0.1, -0.05) is 0 Å². The second-order valence-electron chi connectivity index (χ2n) is 5.48.